The number of aromatic nitrogens is 1. The van der Waals surface area contributed by atoms with Gasteiger partial charge in [-0.2, -0.15) is 0 Å². The molecule has 5 heteroatoms. The van der Waals surface area contributed by atoms with E-state index in [1.165, 1.54) is 25.6 Å². The molecule has 2 aromatic rings. The molecular formula is C19H23IN2O2. The average molecular weight is 438 g/mol. The molecular weight excluding hydrogens is 415 g/mol. The Morgan fingerprint density at radius 3 is 2.83 bits per heavy atom. The summed E-state index contributed by atoms with van der Waals surface area (Å²) in [5, 5.41) is 1.31. The van der Waals surface area contributed by atoms with E-state index < -0.39 is 5.60 Å². The molecule has 0 aliphatic carbocycles. The van der Waals surface area contributed by atoms with E-state index in [4.69, 9.17) is 4.74 Å². The van der Waals surface area contributed by atoms with Crippen LogP contribution in [0.15, 0.2) is 30.5 Å². The zero-order valence-electron chi connectivity index (χ0n) is 14.4. The van der Waals surface area contributed by atoms with Crippen LogP contribution in [0.1, 0.15) is 25.8 Å². The highest BCUT2D eigenvalue weighted by atomic mass is 127. The third-order valence-corrected chi connectivity index (χ3v) is 5.44. The van der Waals surface area contributed by atoms with E-state index in [-0.39, 0.29) is 0 Å². The second-order valence-corrected chi connectivity index (χ2v) is 8.17. The van der Waals surface area contributed by atoms with Crippen molar-refractivity contribution in [1.29, 1.82) is 0 Å². The monoisotopic (exact) mass is 438 g/mol. The lowest BCUT2D eigenvalue weighted by molar-refractivity contribution is -0.141. The molecule has 0 saturated carbocycles. The fourth-order valence-electron chi connectivity index (χ4n) is 3.36. The van der Waals surface area contributed by atoms with Crippen LogP contribution in [0.2, 0.25) is 0 Å². The van der Waals surface area contributed by atoms with Crippen LogP contribution >= 0.6 is 22.6 Å². The SMILES string of the molecule is Cn1cc(I)c2ccc(C3=CCN(CC(C)(C)OC=O)CC3)cc21. The molecule has 1 aliphatic rings. The fraction of sp³-hybridized carbons (Fsp3) is 0.421. The Labute approximate surface area is 156 Å². The number of benzene rings is 1. The third-order valence-electron chi connectivity index (χ3n) is 4.58. The van der Waals surface area contributed by atoms with Gasteiger partial charge in [0.2, 0.25) is 0 Å². The normalized spacial score (nSPS) is 16.2. The number of ether oxygens (including phenoxy) is 1. The number of carbonyl (C=O) groups is 1. The van der Waals surface area contributed by atoms with Crippen molar-refractivity contribution in [1.82, 2.24) is 9.47 Å². The molecule has 0 unspecified atom stereocenters. The minimum Gasteiger partial charge on any atom is -0.461 e. The number of nitrogens with zero attached hydrogens (tertiary/aromatic N) is 2. The molecule has 0 N–H and O–H groups in total. The van der Waals surface area contributed by atoms with E-state index in [9.17, 15) is 4.79 Å². The lowest BCUT2D eigenvalue weighted by Crippen LogP contribution is -2.42. The molecule has 0 radical (unpaired) electrons. The maximum atomic E-state index is 10.6. The van der Waals surface area contributed by atoms with Gasteiger partial charge in [-0.25, -0.2) is 0 Å². The third kappa shape index (κ3) is 3.67. The molecule has 4 nitrogen and oxygen atoms in total. The predicted octanol–water partition coefficient (Wildman–Crippen LogP) is 3.82. The highest BCUT2D eigenvalue weighted by molar-refractivity contribution is 14.1. The minimum atomic E-state index is -0.439. The van der Waals surface area contributed by atoms with Crippen molar-refractivity contribution in [3.05, 3.63) is 39.6 Å². The number of aryl methyl sites for hydroxylation is 1. The number of rotatable bonds is 5. The smallest absolute Gasteiger partial charge is 0.293 e. The van der Waals surface area contributed by atoms with Crippen LogP contribution in [-0.4, -0.2) is 41.2 Å². The van der Waals surface area contributed by atoms with Gasteiger partial charge in [0, 0.05) is 47.4 Å². The molecule has 1 aromatic heterocycles. The van der Waals surface area contributed by atoms with E-state index in [0.717, 1.165) is 26.1 Å². The van der Waals surface area contributed by atoms with E-state index in [1.807, 2.05) is 13.8 Å². The Morgan fingerprint density at radius 1 is 1.38 bits per heavy atom. The first kappa shape index (κ1) is 17.5. The zero-order valence-corrected chi connectivity index (χ0v) is 16.5. The topological polar surface area (TPSA) is 34.5 Å². The van der Waals surface area contributed by atoms with Crippen LogP contribution in [0.25, 0.3) is 16.5 Å². The van der Waals surface area contributed by atoms with Gasteiger partial charge in [0.15, 0.2) is 0 Å². The number of carbonyl (C=O) groups excluding carboxylic acids is 1. The lowest BCUT2D eigenvalue weighted by atomic mass is 9.97. The van der Waals surface area contributed by atoms with Gasteiger partial charge < -0.3 is 9.30 Å². The van der Waals surface area contributed by atoms with Gasteiger partial charge in [0.25, 0.3) is 6.47 Å². The van der Waals surface area contributed by atoms with Crippen LogP contribution in [0.3, 0.4) is 0 Å². The largest absolute Gasteiger partial charge is 0.461 e. The standard InChI is InChI=1S/C19H23IN2O2/c1-19(2,24-13-23)12-22-8-6-14(7-9-22)15-4-5-16-17(20)11-21(3)18(16)10-15/h4-6,10-11,13H,7-9,12H2,1-3H3. The van der Waals surface area contributed by atoms with Crippen LogP contribution in [0, 0.1) is 3.57 Å². The predicted molar refractivity (Wildman–Crippen MR) is 106 cm³/mol. The molecule has 0 bridgehead atoms. The Hall–Kier alpha value is -1.34. The molecule has 0 amide bonds. The number of hydrogen-bond donors (Lipinski definition) is 0. The van der Waals surface area contributed by atoms with Gasteiger partial charge in [-0.15, -0.1) is 0 Å². The van der Waals surface area contributed by atoms with Crippen molar-refractivity contribution in [2.24, 2.45) is 7.05 Å². The molecule has 0 saturated heterocycles. The Kier molecular flexibility index (Phi) is 5.01. The second-order valence-electron chi connectivity index (χ2n) is 7.01. The number of halogens is 1. The van der Waals surface area contributed by atoms with Gasteiger partial charge >= 0.3 is 0 Å². The molecule has 0 fully saturated rings. The lowest BCUT2D eigenvalue weighted by Gasteiger charge is -2.33. The summed E-state index contributed by atoms with van der Waals surface area (Å²) in [4.78, 5) is 12.9. The summed E-state index contributed by atoms with van der Waals surface area (Å²) < 4.78 is 8.64. The summed E-state index contributed by atoms with van der Waals surface area (Å²) in [6.07, 6.45) is 5.49. The fourth-order valence-corrected chi connectivity index (χ4v) is 4.23. The van der Waals surface area contributed by atoms with Crippen LogP contribution in [0.4, 0.5) is 0 Å². The summed E-state index contributed by atoms with van der Waals surface area (Å²) in [5.74, 6) is 0. The van der Waals surface area contributed by atoms with Crippen LogP contribution < -0.4 is 0 Å². The molecule has 3 rings (SSSR count). The first-order valence-electron chi connectivity index (χ1n) is 8.17. The Balaban J connectivity index is 1.75. The van der Waals surface area contributed by atoms with E-state index >= 15 is 0 Å². The van der Waals surface area contributed by atoms with Gasteiger partial charge in [0.1, 0.15) is 5.60 Å². The Morgan fingerprint density at radius 2 is 2.17 bits per heavy atom. The second kappa shape index (κ2) is 6.88. The van der Waals surface area contributed by atoms with Crippen molar-refractivity contribution in [3.8, 4) is 0 Å². The van der Waals surface area contributed by atoms with E-state index in [0.29, 0.717) is 6.47 Å². The van der Waals surface area contributed by atoms with Gasteiger partial charge in [-0.3, -0.25) is 9.69 Å². The van der Waals surface area contributed by atoms with E-state index in [2.05, 4.69) is 69.6 Å². The van der Waals surface area contributed by atoms with Crippen molar-refractivity contribution in [2.75, 3.05) is 19.6 Å². The Bertz CT molecular complexity index is 792. The molecule has 1 aliphatic heterocycles. The number of fused-ring (bicyclic) bond motifs is 1. The van der Waals surface area contributed by atoms with Gasteiger partial charge in [-0.05, 0) is 60.1 Å². The maximum absolute atomic E-state index is 10.6. The summed E-state index contributed by atoms with van der Waals surface area (Å²) >= 11 is 2.39. The summed E-state index contributed by atoms with van der Waals surface area (Å²) in [6.45, 7) is 7.08. The van der Waals surface area contributed by atoms with Gasteiger partial charge in [-0.1, -0.05) is 18.2 Å². The van der Waals surface area contributed by atoms with E-state index in [1.54, 1.807) is 0 Å². The molecule has 0 atom stereocenters. The van der Waals surface area contributed by atoms with Crippen molar-refractivity contribution >= 4 is 45.5 Å². The maximum Gasteiger partial charge on any atom is 0.293 e. The zero-order chi connectivity index (χ0) is 17.3. The molecule has 2 heterocycles. The van der Waals surface area contributed by atoms with Crippen molar-refractivity contribution < 1.29 is 9.53 Å². The minimum absolute atomic E-state index is 0.439. The molecule has 1 aromatic carbocycles. The summed E-state index contributed by atoms with van der Waals surface area (Å²) in [7, 11) is 2.10. The average Bonchev–Trinajstić information content (AvgIpc) is 2.82. The van der Waals surface area contributed by atoms with Gasteiger partial charge in [0.05, 0.1) is 0 Å². The summed E-state index contributed by atoms with van der Waals surface area (Å²) in [5.41, 5.74) is 3.55. The molecule has 0 spiro atoms. The number of hydrogen-bond acceptors (Lipinski definition) is 3. The van der Waals surface area contributed by atoms with Crippen LogP contribution in [0.5, 0.6) is 0 Å². The highest BCUT2D eigenvalue weighted by Crippen LogP contribution is 2.29. The molecule has 24 heavy (non-hydrogen) atoms. The van der Waals surface area contributed by atoms with Crippen molar-refractivity contribution in [2.45, 2.75) is 25.9 Å². The van der Waals surface area contributed by atoms with Crippen LogP contribution in [-0.2, 0) is 16.6 Å². The summed E-state index contributed by atoms with van der Waals surface area (Å²) in [6, 6.07) is 6.74. The molecule has 128 valence electrons. The first-order chi connectivity index (χ1) is 11.4. The quantitative estimate of drug-likeness (QED) is 0.526. The first-order valence-corrected chi connectivity index (χ1v) is 9.25. The van der Waals surface area contributed by atoms with Crippen molar-refractivity contribution in [3.63, 3.8) is 0 Å². The highest BCUT2D eigenvalue weighted by Gasteiger charge is 2.24.